The molecule has 16 heteroatoms. The normalized spacial score (nSPS) is 12.0. The van der Waals surface area contributed by atoms with E-state index in [0.717, 1.165) is 119 Å². The second-order valence-electron chi connectivity index (χ2n) is 30.1. The predicted octanol–water partition coefficient (Wildman–Crippen LogP) is 25.1. The van der Waals surface area contributed by atoms with Gasteiger partial charge in [-0.1, -0.05) is 171 Å². The zero-order chi connectivity index (χ0) is 86.2. The summed E-state index contributed by atoms with van der Waals surface area (Å²) >= 11 is 0. The molecule has 4 aromatic heterocycles. The molecule has 0 bridgehead atoms. The van der Waals surface area contributed by atoms with Crippen molar-refractivity contribution in [2.24, 2.45) is 0 Å². The summed E-state index contributed by atoms with van der Waals surface area (Å²) in [5, 5.41) is 77.8. The van der Waals surface area contributed by atoms with Gasteiger partial charge in [-0.15, -0.1) is 140 Å². The third kappa shape index (κ3) is 35.5. The molecule has 0 saturated heterocycles. The number of nitrogens with zero attached hydrogens (tertiary/aromatic N) is 4. The zero-order valence-electron chi connectivity index (χ0n) is 74.8. The molecule has 12 aromatic rings. The van der Waals surface area contributed by atoms with Crippen molar-refractivity contribution < 1.29 is 121 Å². The third-order valence-electron chi connectivity index (χ3n) is 18.9. The number of benzene rings is 8. The van der Waals surface area contributed by atoms with Gasteiger partial charge >= 0.3 is 0 Å². The van der Waals surface area contributed by atoms with E-state index in [2.05, 4.69) is 266 Å². The Bertz CT molecular complexity index is 5050. The quantitative estimate of drug-likeness (QED) is 0.0335. The van der Waals surface area contributed by atoms with Gasteiger partial charge in [0.05, 0.1) is 47.5 Å². The molecule has 8 N–H and O–H groups in total. The van der Waals surface area contributed by atoms with Crippen LogP contribution < -0.4 is 0 Å². The molecule has 0 saturated carbocycles. The van der Waals surface area contributed by atoms with Gasteiger partial charge in [0.2, 0.25) is 0 Å². The summed E-state index contributed by atoms with van der Waals surface area (Å²) < 4.78 is 0. The molecule has 0 aliphatic carbocycles. The molecule has 0 aliphatic heterocycles. The molecule has 0 fully saturated rings. The molecule has 0 aliphatic rings. The Labute approximate surface area is 771 Å². The van der Waals surface area contributed by atoms with Gasteiger partial charge in [0, 0.05) is 105 Å². The molecule has 0 amide bonds. The van der Waals surface area contributed by atoms with Crippen molar-refractivity contribution in [3.05, 3.63) is 307 Å². The Morgan fingerprint density at radius 2 is 0.583 bits per heavy atom. The smallest absolute Gasteiger partial charge is 0.0877 e. The average Bonchev–Trinajstić information content (AvgIpc) is 0.795. The fourth-order valence-corrected chi connectivity index (χ4v) is 13.9. The van der Waals surface area contributed by atoms with Gasteiger partial charge in [-0.25, -0.2) is 0 Å². The van der Waals surface area contributed by atoms with Crippen LogP contribution in [0.2, 0.25) is 0 Å². The van der Waals surface area contributed by atoms with Crippen LogP contribution in [-0.4, -0.2) is 85.2 Å². The van der Waals surface area contributed by atoms with E-state index in [9.17, 15) is 0 Å². The van der Waals surface area contributed by atoms with Gasteiger partial charge in [0.15, 0.2) is 0 Å². The minimum Gasteiger partial charge on any atom is -0.513 e. The maximum absolute atomic E-state index is 8.49. The molecule has 652 valence electrons. The average molecular weight is 2330 g/mol. The summed E-state index contributed by atoms with van der Waals surface area (Å²) in [4.78, 5) is 18.9. The zero-order valence-corrected chi connectivity index (χ0v) is 84.4. The van der Waals surface area contributed by atoms with Crippen LogP contribution in [0.3, 0.4) is 0 Å². The summed E-state index contributed by atoms with van der Waals surface area (Å²) in [5.74, 6) is 0.648. The van der Waals surface area contributed by atoms with Crippen LogP contribution in [-0.2, 0) is 132 Å². The van der Waals surface area contributed by atoms with Crippen LogP contribution in [0.15, 0.2) is 193 Å². The number of aliphatic hydroxyl groups is 8. The van der Waals surface area contributed by atoms with Crippen molar-refractivity contribution in [3.63, 3.8) is 0 Å². The molecule has 4 unspecified atom stereocenters. The van der Waals surface area contributed by atoms with Gasteiger partial charge in [0.25, 0.3) is 0 Å². The maximum atomic E-state index is 8.49. The third-order valence-corrected chi connectivity index (χ3v) is 18.9. The van der Waals surface area contributed by atoms with E-state index in [-0.39, 0.29) is 103 Å². The van der Waals surface area contributed by atoms with Crippen LogP contribution in [0.4, 0.5) is 0 Å². The first-order valence-corrected chi connectivity index (χ1v) is 40.9. The molecule has 120 heavy (non-hydrogen) atoms. The number of hydrogen-bond acceptors (Lipinski definition) is 12. The molecule has 8 aromatic carbocycles. The van der Waals surface area contributed by atoms with Crippen LogP contribution in [0.5, 0.6) is 0 Å². The van der Waals surface area contributed by atoms with Crippen LogP contribution in [0.1, 0.15) is 200 Å². The SMILES string of the molecule is CC(O)=CC(C)O.CC(O)=CC(C)O.CC(O)=CC(C)O.CC(O)=CC(C)O.CCc1cc(CC)c2ccnc(-c3[c-]c(C)cc(C)c3)c2c1.CCc1cc2ccnc(-c3[c-]c(C)cc(C)c3)c2cc1CC.CCc1ccc2c(-c3[c-]c(C)cc(C)c3)ncc(CC)c2c1.CCc1ccc2c(CC)cnc(-c3[c-]c(C)cc(C)c3)c2c1.[Ir].[Ir].[Ir].[Ir]. The number of hydrogen-bond donors (Lipinski definition) is 8. The monoisotopic (exact) mass is 2330 g/mol. The van der Waals surface area contributed by atoms with Gasteiger partial charge < -0.3 is 60.8 Å². The molecule has 0 spiro atoms. The van der Waals surface area contributed by atoms with Crippen LogP contribution in [0, 0.1) is 79.7 Å². The molecule has 4 atom stereocenters. The summed E-state index contributed by atoms with van der Waals surface area (Å²) in [6.07, 6.45) is 19.5. The van der Waals surface area contributed by atoms with Crippen molar-refractivity contribution in [1.82, 2.24) is 19.9 Å². The number of aromatic nitrogens is 4. The minimum absolute atomic E-state index is 0. The van der Waals surface area contributed by atoms with Gasteiger partial charge in [0.1, 0.15) is 0 Å². The first-order chi connectivity index (χ1) is 55.0. The molecule has 4 radical (unpaired) electrons. The minimum atomic E-state index is -0.537. The van der Waals surface area contributed by atoms with Crippen LogP contribution in [0.25, 0.3) is 88.1 Å². The first kappa shape index (κ1) is 110. The van der Waals surface area contributed by atoms with E-state index in [1.807, 2.05) is 24.8 Å². The molecule has 12 rings (SSSR count). The maximum Gasteiger partial charge on any atom is 0.0877 e. The topological polar surface area (TPSA) is 213 Å². The fraction of sp³-hybridized carbons (Fsp3) is 0.346. The second-order valence-corrected chi connectivity index (χ2v) is 30.1. The molecular weight excluding hydrogens is 2200 g/mol. The van der Waals surface area contributed by atoms with E-state index in [4.69, 9.17) is 50.8 Å². The Balaban J connectivity index is 0.000000715. The molecular formula is C104H128Ir4N4O8-4. The predicted molar refractivity (Wildman–Crippen MR) is 489 cm³/mol. The molecule has 4 heterocycles. The van der Waals surface area contributed by atoms with Gasteiger partial charge in [-0.05, 0) is 254 Å². The van der Waals surface area contributed by atoms with Crippen LogP contribution >= 0.6 is 0 Å². The van der Waals surface area contributed by atoms with E-state index in [0.29, 0.717) is 0 Å². The molecule has 12 nitrogen and oxygen atoms in total. The van der Waals surface area contributed by atoms with Crippen molar-refractivity contribution in [2.45, 2.75) is 242 Å². The largest absolute Gasteiger partial charge is 0.513 e. The van der Waals surface area contributed by atoms with Gasteiger partial charge in [-0.2, -0.15) is 0 Å². The first-order valence-electron chi connectivity index (χ1n) is 40.9. The number of rotatable bonds is 16. The Kier molecular flexibility index (Phi) is 50.6. The Morgan fingerprint density at radius 1 is 0.292 bits per heavy atom. The standard InChI is InChI=1S/4C21H22N.4C5H10O2.4Ir/c1-5-16-12-18-7-8-22-21(20(18)13-17(16)6-2)19-10-14(3)9-15(4)11-19;1-5-16-12-17(6-2)19-7-8-22-21(20(19)13-16)18-10-14(3)9-15(4)11-18;1-5-16-7-8-19-20(12-16)17(6-2)13-22-21(19)18-10-14(3)9-15(4)11-18;1-5-16-7-8-19-17(6-2)13-22-21(20(19)12-16)18-10-14(3)9-15(4)11-18;4*1-4(6)3-5(2)7;;;;/h4*7-10,12-13H,5-6H2,1-4H3;4*3-4,6-7H,1-2H3;;;;/q4*-1;;;;;;;;. The Morgan fingerprint density at radius 3 is 0.908 bits per heavy atom. The van der Waals surface area contributed by atoms with Gasteiger partial charge in [-0.3, -0.25) is 0 Å². The van der Waals surface area contributed by atoms with Crippen molar-refractivity contribution in [2.75, 3.05) is 0 Å². The Hall–Kier alpha value is -8.00. The summed E-state index contributed by atoms with van der Waals surface area (Å²) in [6.45, 7) is 46.9. The van der Waals surface area contributed by atoms with E-state index in [1.54, 1.807) is 27.7 Å². The fourth-order valence-electron chi connectivity index (χ4n) is 13.9. The number of pyridine rings is 4. The number of allylic oxidation sites excluding steroid dienone is 4. The van der Waals surface area contributed by atoms with Crippen molar-refractivity contribution in [1.29, 1.82) is 0 Å². The summed E-state index contributed by atoms with van der Waals surface area (Å²) in [5.41, 5.74) is 29.2. The van der Waals surface area contributed by atoms with E-state index < -0.39 is 24.4 Å². The summed E-state index contributed by atoms with van der Waals surface area (Å²) in [6, 6.07) is 58.2. The van der Waals surface area contributed by atoms with E-state index >= 15 is 0 Å². The van der Waals surface area contributed by atoms with Crippen molar-refractivity contribution in [3.8, 4) is 45.0 Å². The van der Waals surface area contributed by atoms with E-state index in [1.165, 1.54) is 162 Å². The second kappa shape index (κ2) is 55.2. The summed E-state index contributed by atoms with van der Waals surface area (Å²) in [7, 11) is 0. The number of aryl methyl sites for hydroxylation is 16. The van der Waals surface area contributed by atoms with Crippen molar-refractivity contribution >= 4 is 43.1 Å². The number of fused-ring (bicyclic) bond motifs is 4. The number of aliphatic hydroxyl groups excluding tert-OH is 8.